The predicted molar refractivity (Wildman–Crippen MR) is 134 cm³/mol. The third kappa shape index (κ3) is 3.54. The second-order valence-electron chi connectivity index (χ2n) is 10.0. The van der Waals surface area contributed by atoms with E-state index in [4.69, 9.17) is 17.3 Å². The van der Waals surface area contributed by atoms with Gasteiger partial charge in [-0.25, -0.2) is 0 Å². The molecule has 0 spiro atoms. The van der Waals surface area contributed by atoms with Crippen molar-refractivity contribution < 1.29 is 4.79 Å². The number of carbonyl (C=O) groups is 1. The first-order chi connectivity index (χ1) is 16.3. The van der Waals surface area contributed by atoms with E-state index in [1.807, 2.05) is 17.0 Å². The second kappa shape index (κ2) is 8.31. The minimum atomic E-state index is -0.544. The number of nitrogens with zero attached hydrogens (tertiary/aromatic N) is 3. The van der Waals surface area contributed by atoms with Gasteiger partial charge < -0.3 is 5.73 Å². The average Bonchev–Trinajstić information content (AvgIpc) is 3.16. The molecule has 3 aliphatic rings. The number of hydrogen-bond acceptors (Lipinski definition) is 6. The second-order valence-corrected chi connectivity index (χ2v) is 11.6. The summed E-state index contributed by atoms with van der Waals surface area (Å²) in [5.41, 5.74) is 10.8. The van der Waals surface area contributed by atoms with Crippen LogP contribution >= 0.6 is 22.9 Å². The van der Waals surface area contributed by atoms with E-state index < -0.39 is 5.92 Å². The smallest absolute Gasteiger partial charge is 0.162 e. The van der Waals surface area contributed by atoms with Crippen molar-refractivity contribution in [2.75, 3.05) is 4.90 Å². The molecule has 2 heterocycles. The van der Waals surface area contributed by atoms with Crippen molar-refractivity contribution in [1.82, 2.24) is 0 Å². The van der Waals surface area contributed by atoms with E-state index in [2.05, 4.69) is 26.0 Å². The Morgan fingerprint density at radius 1 is 1.12 bits per heavy atom. The van der Waals surface area contributed by atoms with Gasteiger partial charge in [0.25, 0.3) is 0 Å². The lowest BCUT2D eigenvalue weighted by molar-refractivity contribution is -0.118. The number of benzene rings is 1. The zero-order valence-electron chi connectivity index (χ0n) is 19.2. The molecule has 0 amide bonds. The van der Waals surface area contributed by atoms with Gasteiger partial charge in [-0.15, -0.1) is 11.3 Å². The molecule has 7 heteroatoms. The topological polar surface area (TPSA) is 93.9 Å². The maximum absolute atomic E-state index is 13.6. The summed E-state index contributed by atoms with van der Waals surface area (Å²) in [7, 11) is 0. The molecule has 5 nitrogen and oxygen atoms in total. The number of aryl methyl sites for hydroxylation is 1. The largest absolute Gasteiger partial charge is 0.384 e. The zero-order valence-corrected chi connectivity index (χ0v) is 20.8. The normalized spacial score (nSPS) is 21.6. The molecular formula is C27H25ClN4OS. The predicted octanol–water partition coefficient (Wildman–Crippen LogP) is 6.09. The highest BCUT2D eigenvalue weighted by Gasteiger charge is 2.45. The molecule has 0 fully saturated rings. The number of nitriles is 2. The summed E-state index contributed by atoms with van der Waals surface area (Å²) in [6.07, 6.45) is 5.01. The third-order valence-electron chi connectivity index (χ3n) is 7.05. The summed E-state index contributed by atoms with van der Waals surface area (Å²) in [4.78, 5) is 16.7. The Bertz CT molecular complexity index is 1350. The van der Waals surface area contributed by atoms with E-state index in [-0.39, 0.29) is 11.2 Å². The minimum Gasteiger partial charge on any atom is -0.384 e. The van der Waals surface area contributed by atoms with Crippen LogP contribution in [0, 0.1) is 28.1 Å². The highest BCUT2D eigenvalue weighted by atomic mass is 35.5. The number of anilines is 1. The summed E-state index contributed by atoms with van der Waals surface area (Å²) in [5.74, 6) is -0.213. The molecule has 0 saturated carbocycles. The lowest BCUT2D eigenvalue weighted by Crippen LogP contribution is -2.42. The van der Waals surface area contributed by atoms with Crippen LogP contribution in [0.15, 0.2) is 46.9 Å². The molecule has 1 atom stereocenters. The number of carbonyl (C=O) groups excluding carboxylic acids is 1. The molecule has 1 aromatic carbocycles. The summed E-state index contributed by atoms with van der Waals surface area (Å²) in [6, 6.07) is 12.0. The molecule has 2 aromatic rings. The molecule has 0 bridgehead atoms. The van der Waals surface area contributed by atoms with Gasteiger partial charge >= 0.3 is 0 Å². The van der Waals surface area contributed by atoms with E-state index in [1.165, 1.54) is 4.88 Å². The number of halogens is 1. The maximum atomic E-state index is 13.6. The minimum absolute atomic E-state index is 0.0243. The van der Waals surface area contributed by atoms with Crippen LogP contribution in [0.1, 0.15) is 67.0 Å². The van der Waals surface area contributed by atoms with Gasteiger partial charge in [0.2, 0.25) is 0 Å². The molecule has 34 heavy (non-hydrogen) atoms. The molecule has 0 saturated heterocycles. The van der Waals surface area contributed by atoms with E-state index in [9.17, 15) is 15.3 Å². The number of Topliss-reactive ketones (excluding diaryl/α,β-unsaturated/α-hetero) is 1. The Morgan fingerprint density at radius 2 is 1.82 bits per heavy atom. The Balaban J connectivity index is 1.79. The zero-order chi connectivity index (χ0) is 24.2. The van der Waals surface area contributed by atoms with Crippen molar-refractivity contribution >= 4 is 33.7 Å². The van der Waals surface area contributed by atoms with Gasteiger partial charge in [-0.2, -0.15) is 10.5 Å². The number of rotatable bonds is 2. The van der Waals surface area contributed by atoms with Crippen molar-refractivity contribution in [3.8, 4) is 12.1 Å². The summed E-state index contributed by atoms with van der Waals surface area (Å²) in [6.45, 7) is 4.16. The fourth-order valence-corrected chi connectivity index (χ4v) is 7.06. The van der Waals surface area contributed by atoms with Crippen LogP contribution in [-0.4, -0.2) is 5.78 Å². The fourth-order valence-electron chi connectivity index (χ4n) is 5.55. The van der Waals surface area contributed by atoms with Crippen molar-refractivity contribution in [3.63, 3.8) is 0 Å². The maximum Gasteiger partial charge on any atom is 0.162 e. The Morgan fingerprint density at radius 3 is 2.50 bits per heavy atom. The van der Waals surface area contributed by atoms with Crippen LogP contribution < -0.4 is 10.6 Å². The highest BCUT2D eigenvalue weighted by Crippen LogP contribution is 2.52. The number of nitrogens with two attached hydrogens (primary N) is 1. The van der Waals surface area contributed by atoms with Crippen molar-refractivity contribution in [2.24, 2.45) is 11.1 Å². The lowest BCUT2D eigenvalue weighted by Gasteiger charge is -2.43. The van der Waals surface area contributed by atoms with Gasteiger partial charge in [0.05, 0.1) is 23.1 Å². The van der Waals surface area contributed by atoms with Crippen LogP contribution in [-0.2, 0) is 17.6 Å². The lowest BCUT2D eigenvalue weighted by atomic mass is 9.68. The first kappa shape index (κ1) is 22.7. The monoisotopic (exact) mass is 488 g/mol. The third-order valence-corrected chi connectivity index (χ3v) is 8.58. The van der Waals surface area contributed by atoms with Gasteiger partial charge in [0.1, 0.15) is 16.9 Å². The standard InChI is InChI=1S/C27H25ClN4OS/c1-27(2)11-20-24(21(33)12-27)23(15-7-9-16(28)10-8-15)19(14-30)25(31)32(20)26-18(13-29)17-5-3-4-6-22(17)34-26/h7-10,23H,3-6,11-12,31H2,1-2H3. The summed E-state index contributed by atoms with van der Waals surface area (Å²) in [5, 5.41) is 21.7. The molecule has 5 rings (SSSR count). The SMILES string of the molecule is CC1(C)CC(=O)C2=C(C1)N(c1sc3c(c1C#N)CCCC3)C(N)=C(C#N)C2c1ccc(Cl)cc1. The van der Waals surface area contributed by atoms with Crippen LogP contribution in [0.2, 0.25) is 5.02 Å². The first-order valence-electron chi connectivity index (χ1n) is 11.5. The Hall–Kier alpha value is -3.06. The molecule has 2 aliphatic carbocycles. The quantitative estimate of drug-likeness (QED) is 0.551. The molecule has 1 aliphatic heterocycles. The molecule has 0 radical (unpaired) electrons. The summed E-state index contributed by atoms with van der Waals surface area (Å²) < 4.78 is 0. The molecule has 172 valence electrons. The average molecular weight is 489 g/mol. The van der Waals surface area contributed by atoms with Gasteiger partial charge in [-0.3, -0.25) is 9.69 Å². The van der Waals surface area contributed by atoms with Crippen LogP contribution in [0.5, 0.6) is 0 Å². The van der Waals surface area contributed by atoms with Gasteiger partial charge in [-0.05, 0) is 60.8 Å². The van der Waals surface area contributed by atoms with Gasteiger partial charge in [0.15, 0.2) is 5.78 Å². The van der Waals surface area contributed by atoms with Gasteiger partial charge in [0, 0.05) is 27.6 Å². The van der Waals surface area contributed by atoms with Crippen LogP contribution in [0.3, 0.4) is 0 Å². The van der Waals surface area contributed by atoms with E-state index in [0.717, 1.165) is 47.5 Å². The Kier molecular flexibility index (Phi) is 5.55. The molecule has 1 unspecified atom stereocenters. The molecule has 2 N–H and O–H groups in total. The van der Waals surface area contributed by atoms with E-state index >= 15 is 0 Å². The molecule has 1 aromatic heterocycles. The highest BCUT2D eigenvalue weighted by molar-refractivity contribution is 7.16. The Labute approximate surface area is 208 Å². The van der Waals surface area contributed by atoms with E-state index in [1.54, 1.807) is 23.5 Å². The molecular weight excluding hydrogens is 464 g/mol. The number of allylic oxidation sites excluding steroid dienone is 3. The fraction of sp³-hybridized carbons (Fsp3) is 0.370. The van der Waals surface area contributed by atoms with Gasteiger partial charge in [-0.1, -0.05) is 37.6 Å². The van der Waals surface area contributed by atoms with Crippen molar-refractivity contribution in [3.05, 3.63) is 73.5 Å². The van der Waals surface area contributed by atoms with Crippen molar-refractivity contribution in [2.45, 2.75) is 58.3 Å². The number of fused-ring (bicyclic) bond motifs is 1. The number of ketones is 1. The van der Waals surface area contributed by atoms with Crippen molar-refractivity contribution in [1.29, 1.82) is 10.5 Å². The number of thiophene rings is 1. The van der Waals surface area contributed by atoms with E-state index in [0.29, 0.717) is 40.4 Å². The van der Waals surface area contributed by atoms with Crippen LogP contribution in [0.25, 0.3) is 0 Å². The van der Waals surface area contributed by atoms with Crippen LogP contribution in [0.4, 0.5) is 5.00 Å². The number of hydrogen-bond donors (Lipinski definition) is 1. The first-order valence-corrected chi connectivity index (χ1v) is 12.7. The summed E-state index contributed by atoms with van der Waals surface area (Å²) >= 11 is 7.70.